The molecule has 1 N–H and O–H groups in total. The van der Waals surface area contributed by atoms with Gasteiger partial charge in [-0.25, -0.2) is 0 Å². The molecular formula is C20H34NaO6S. The van der Waals surface area contributed by atoms with Gasteiger partial charge in [0.05, 0.1) is 19.8 Å². The van der Waals surface area contributed by atoms with Gasteiger partial charge < -0.3 is 14.2 Å². The Hall–Kier alpha value is -0.150. The Kier molecular flexibility index (Phi) is 16.5. The molecule has 1 aromatic carbocycles. The predicted molar refractivity (Wildman–Crippen MR) is 113 cm³/mol. The fourth-order valence-electron chi connectivity index (χ4n) is 2.54. The van der Waals surface area contributed by atoms with Crippen molar-refractivity contribution in [3.05, 3.63) is 29.8 Å². The average molecular weight is 426 g/mol. The molecule has 8 heteroatoms. The van der Waals surface area contributed by atoms with E-state index in [-0.39, 0.29) is 42.8 Å². The van der Waals surface area contributed by atoms with E-state index in [2.05, 4.69) is 19.1 Å². The molecule has 1 radical (unpaired) electrons. The zero-order chi connectivity index (χ0) is 20.0. The monoisotopic (exact) mass is 425 g/mol. The van der Waals surface area contributed by atoms with Crippen molar-refractivity contribution in [1.82, 2.24) is 0 Å². The van der Waals surface area contributed by atoms with Gasteiger partial charge in [0.2, 0.25) is 0 Å². The van der Waals surface area contributed by atoms with Gasteiger partial charge in [0.15, 0.2) is 5.44 Å². The summed E-state index contributed by atoms with van der Waals surface area (Å²) in [5.41, 5.74) is 0.0893. The molecule has 0 saturated carbocycles. The summed E-state index contributed by atoms with van der Waals surface area (Å²) in [7, 11) is -4.15. The maximum Gasteiger partial charge on any atom is 0.291 e. The van der Waals surface area contributed by atoms with Crippen LogP contribution in [-0.4, -0.2) is 74.4 Å². The third kappa shape index (κ3) is 13.9. The van der Waals surface area contributed by atoms with Crippen molar-refractivity contribution in [3.8, 4) is 5.75 Å². The molecule has 6 nitrogen and oxygen atoms in total. The minimum absolute atomic E-state index is 0. The molecule has 0 aliphatic carbocycles. The van der Waals surface area contributed by atoms with Crippen molar-refractivity contribution in [2.24, 2.45) is 0 Å². The molecule has 0 spiro atoms. The number of rotatable bonds is 16. The van der Waals surface area contributed by atoms with Crippen LogP contribution >= 0.6 is 0 Å². The average Bonchev–Trinajstić information content (AvgIpc) is 2.64. The molecule has 0 bridgehead atoms. The van der Waals surface area contributed by atoms with E-state index in [0.29, 0.717) is 13.2 Å². The number of hydrogen-bond donors (Lipinski definition) is 1. The Morgan fingerprint density at radius 2 is 1.54 bits per heavy atom. The Morgan fingerprint density at radius 3 is 2.18 bits per heavy atom. The van der Waals surface area contributed by atoms with Gasteiger partial charge in [-0.3, -0.25) is 4.55 Å². The molecular weight excluding hydrogens is 391 g/mol. The second-order valence-electron chi connectivity index (χ2n) is 6.58. The fraction of sp³-hybridized carbons (Fsp3) is 0.700. The van der Waals surface area contributed by atoms with Crippen LogP contribution in [0.3, 0.4) is 0 Å². The number of hydrogen-bond acceptors (Lipinski definition) is 5. The molecule has 0 aliphatic rings. The fourth-order valence-corrected chi connectivity index (χ4v) is 2.81. The molecule has 0 aromatic heterocycles. The largest absolute Gasteiger partial charge is 0.491 e. The Morgan fingerprint density at radius 1 is 0.929 bits per heavy atom. The van der Waals surface area contributed by atoms with E-state index in [4.69, 9.17) is 18.8 Å². The van der Waals surface area contributed by atoms with E-state index in [1.54, 1.807) is 0 Å². The summed E-state index contributed by atoms with van der Waals surface area (Å²) in [6.45, 7) is 4.62. The molecule has 28 heavy (non-hydrogen) atoms. The maximum absolute atomic E-state index is 10.8. The minimum Gasteiger partial charge on any atom is -0.491 e. The first-order valence-electron chi connectivity index (χ1n) is 9.81. The topological polar surface area (TPSA) is 82.1 Å². The van der Waals surface area contributed by atoms with Crippen molar-refractivity contribution < 1.29 is 27.2 Å². The first-order chi connectivity index (χ1) is 12.9. The van der Waals surface area contributed by atoms with Gasteiger partial charge >= 0.3 is 0 Å². The van der Waals surface area contributed by atoms with Crippen molar-refractivity contribution in [1.29, 1.82) is 0 Å². The third-order valence-electron chi connectivity index (χ3n) is 4.24. The molecule has 1 unspecified atom stereocenters. The number of benzene rings is 1. The van der Waals surface area contributed by atoms with Gasteiger partial charge in [0.1, 0.15) is 12.4 Å². The van der Waals surface area contributed by atoms with Gasteiger partial charge in [-0.05, 0) is 37.5 Å². The van der Waals surface area contributed by atoms with Gasteiger partial charge in [0.25, 0.3) is 10.1 Å². The van der Waals surface area contributed by atoms with E-state index in [1.807, 2.05) is 12.1 Å². The van der Waals surface area contributed by atoms with E-state index in [9.17, 15) is 8.42 Å². The van der Waals surface area contributed by atoms with Crippen LogP contribution in [0.2, 0.25) is 0 Å². The first-order valence-corrected chi connectivity index (χ1v) is 11.3. The van der Waals surface area contributed by atoms with Gasteiger partial charge in [-0.2, -0.15) is 8.42 Å². The predicted octanol–water partition coefficient (Wildman–Crippen LogP) is 3.85. The minimum atomic E-state index is -4.15. The van der Waals surface area contributed by atoms with Crippen LogP contribution in [-0.2, 0) is 26.0 Å². The molecule has 157 valence electrons. The number of aryl methyl sites for hydroxylation is 1. The molecule has 0 heterocycles. The quantitative estimate of drug-likeness (QED) is 0.246. The van der Waals surface area contributed by atoms with E-state index in [0.717, 1.165) is 12.2 Å². The van der Waals surface area contributed by atoms with Crippen LogP contribution in [0.1, 0.15) is 57.9 Å². The molecule has 1 atom stereocenters. The zero-order valence-electron chi connectivity index (χ0n) is 17.6. The number of unbranched alkanes of at least 4 members (excludes halogenated alkanes) is 5. The molecule has 1 rings (SSSR count). The summed E-state index contributed by atoms with van der Waals surface area (Å²) in [5, 5.41) is 0. The van der Waals surface area contributed by atoms with Crippen molar-refractivity contribution in [2.75, 3.05) is 26.4 Å². The molecule has 0 amide bonds. The standard InChI is InChI=1S/C20H34O6S.Na/c1-3-4-5-6-7-8-9-19-10-12-20(13-11-19)26-17-15-24-14-16-25-18(2)27(21,22)23;/h10-13,18H,3-9,14-17H2,1-2H3,(H,21,22,23);. The van der Waals surface area contributed by atoms with Crippen LogP contribution in [0, 0.1) is 0 Å². The second kappa shape index (κ2) is 16.6. The summed E-state index contributed by atoms with van der Waals surface area (Å²) in [6.07, 6.45) is 8.93. The van der Waals surface area contributed by atoms with Crippen LogP contribution in [0.25, 0.3) is 0 Å². The van der Waals surface area contributed by atoms with E-state index >= 15 is 0 Å². The summed E-state index contributed by atoms with van der Waals surface area (Å²) >= 11 is 0. The SMILES string of the molecule is CCCCCCCCc1ccc(OCCOCCOC(C)S(=O)(=O)O)cc1.[Na]. The van der Waals surface area contributed by atoms with Gasteiger partial charge in [-0.15, -0.1) is 0 Å². The zero-order valence-corrected chi connectivity index (χ0v) is 20.4. The molecule has 1 aromatic rings. The summed E-state index contributed by atoms with van der Waals surface area (Å²) < 4.78 is 46.1. The molecule has 0 aliphatic heterocycles. The van der Waals surface area contributed by atoms with Crippen molar-refractivity contribution >= 4 is 39.7 Å². The molecule has 0 saturated heterocycles. The smallest absolute Gasteiger partial charge is 0.291 e. The normalized spacial score (nSPS) is 12.4. The maximum atomic E-state index is 10.8. The van der Waals surface area contributed by atoms with Crippen LogP contribution in [0.15, 0.2) is 24.3 Å². The van der Waals surface area contributed by atoms with Gasteiger partial charge in [0, 0.05) is 29.6 Å². The Labute approximate surface area is 192 Å². The van der Waals surface area contributed by atoms with Crippen LogP contribution in [0.5, 0.6) is 5.75 Å². The summed E-state index contributed by atoms with van der Waals surface area (Å²) in [5.74, 6) is 0.807. The van der Waals surface area contributed by atoms with E-state index in [1.165, 1.54) is 51.0 Å². The summed E-state index contributed by atoms with van der Waals surface area (Å²) in [6, 6.07) is 8.16. The third-order valence-corrected chi connectivity index (χ3v) is 5.21. The van der Waals surface area contributed by atoms with Crippen molar-refractivity contribution in [3.63, 3.8) is 0 Å². The Bertz CT molecular complexity index is 591. The second-order valence-corrected chi connectivity index (χ2v) is 8.27. The van der Waals surface area contributed by atoms with Crippen LogP contribution in [0.4, 0.5) is 0 Å². The number of ether oxygens (including phenoxy) is 3. The van der Waals surface area contributed by atoms with Gasteiger partial charge in [-0.1, -0.05) is 51.2 Å². The van der Waals surface area contributed by atoms with E-state index < -0.39 is 15.6 Å². The van der Waals surface area contributed by atoms with Crippen molar-refractivity contribution in [2.45, 2.75) is 64.2 Å². The first kappa shape index (κ1) is 27.8. The summed E-state index contributed by atoms with van der Waals surface area (Å²) in [4.78, 5) is 0. The van der Waals surface area contributed by atoms with Crippen LogP contribution < -0.4 is 4.74 Å². The molecule has 0 fully saturated rings. The Balaban J connectivity index is 0.00000729.